The summed E-state index contributed by atoms with van der Waals surface area (Å²) in [6, 6.07) is 10.6. The van der Waals surface area contributed by atoms with E-state index in [4.69, 9.17) is 10.1 Å². The first-order chi connectivity index (χ1) is 9.40. The fourth-order valence-corrected chi connectivity index (χ4v) is 2.73. The second-order valence-corrected chi connectivity index (χ2v) is 5.87. The lowest BCUT2D eigenvalue weighted by Crippen LogP contribution is -2.16. The van der Waals surface area contributed by atoms with E-state index >= 15 is 0 Å². The van der Waals surface area contributed by atoms with Gasteiger partial charge in [-0.05, 0) is 31.2 Å². The average Bonchev–Trinajstić information content (AvgIpc) is 3.14. The molecule has 0 radical (unpaired) electrons. The molecule has 2 aromatic rings. The van der Waals surface area contributed by atoms with Gasteiger partial charge in [0.05, 0.1) is 6.54 Å². The van der Waals surface area contributed by atoms with Gasteiger partial charge in [-0.25, -0.2) is 9.67 Å². The molecule has 0 bridgehead atoms. The minimum atomic E-state index is 0.649. The van der Waals surface area contributed by atoms with Gasteiger partial charge in [-0.2, -0.15) is 5.10 Å². The summed E-state index contributed by atoms with van der Waals surface area (Å²) in [5, 5.41) is 4.78. The molecule has 2 saturated carbocycles. The summed E-state index contributed by atoms with van der Waals surface area (Å²) >= 11 is 0. The molecule has 2 aliphatic carbocycles. The molecule has 3 heteroatoms. The Labute approximate surface area is 113 Å². The first-order valence-electron chi connectivity index (χ1n) is 7.39. The maximum absolute atomic E-state index is 4.84. The molecule has 2 aliphatic rings. The number of rotatable bonds is 4. The van der Waals surface area contributed by atoms with Crippen LogP contribution < -0.4 is 0 Å². The number of hydrogen-bond donors (Lipinski definition) is 0. The predicted molar refractivity (Wildman–Crippen MR) is 74.1 cm³/mol. The average molecular weight is 253 g/mol. The van der Waals surface area contributed by atoms with E-state index in [-0.39, 0.29) is 0 Å². The third-order valence-electron chi connectivity index (χ3n) is 4.30. The van der Waals surface area contributed by atoms with Crippen LogP contribution in [0.3, 0.4) is 0 Å². The quantitative estimate of drug-likeness (QED) is 0.835. The van der Waals surface area contributed by atoms with Crippen LogP contribution in [0.1, 0.15) is 61.2 Å². The van der Waals surface area contributed by atoms with Crippen molar-refractivity contribution in [2.45, 2.75) is 50.5 Å². The molecule has 2 fully saturated rings. The Morgan fingerprint density at radius 3 is 2.42 bits per heavy atom. The van der Waals surface area contributed by atoms with Crippen LogP contribution in [0.5, 0.6) is 0 Å². The van der Waals surface area contributed by atoms with Gasteiger partial charge in [0, 0.05) is 11.8 Å². The highest BCUT2D eigenvalue weighted by molar-refractivity contribution is 5.17. The Hall–Kier alpha value is -1.64. The molecule has 0 aliphatic heterocycles. The standard InChI is InChI=1S/C16H19N3/c1-2-5-12(6-3-1)11-19-16(14-7-4-8-14)17-15(18-19)13-9-10-13/h1-3,5-6,13-14H,4,7-11H2. The molecule has 3 nitrogen and oxygen atoms in total. The van der Waals surface area contributed by atoms with Crippen molar-refractivity contribution in [1.82, 2.24) is 14.8 Å². The van der Waals surface area contributed by atoms with Crippen molar-refractivity contribution in [3.05, 3.63) is 47.5 Å². The third-order valence-corrected chi connectivity index (χ3v) is 4.30. The summed E-state index contributed by atoms with van der Waals surface area (Å²) < 4.78 is 2.16. The lowest BCUT2D eigenvalue weighted by molar-refractivity contribution is 0.384. The minimum Gasteiger partial charge on any atom is -0.245 e. The van der Waals surface area contributed by atoms with E-state index in [2.05, 4.69) is 35.0 Å². The third kappa shape index (κ3) is 2.18. The van der Waals surface area contributed by atoms with Crippen LogP contribution in [-0.4, -0.2) is 14.8 Å². The Balaban J connectivity index is 1.64. The van der Waals surface area contributed by atoms with Gasteiger partial charge in [0.25, 0.3) is 0 Å². The maximum atomic E-state index is 4.84. The normalized spacial score (nSPS) is 19.4. The van der Waals surface area contributed by atoms with E-state index in [1.165, 1.54) is 43.5 Å². The zero-order chi connectivity index (χ0) is 12.7. The Bertz CT molecular complexity index is 565. The Morgan fingerprint density at radius 1 is 1.00 bits per heavy atom. The van der Waals surface area contributed by atoms with Crippen molar-refractivity contribution in [2.24, 2.45) is 0 Å². The van der Waals surface area contributed by atoms with E-state index in [0.29, 0.717) is 11.8 Å². The molecule has 1 aromatic carbocycles. The monoisotopic (exact) mass is 253 g/mol. The molecule has 1 aromatic heterocycles. The van der Waals surface area contributed by atoms with Gasteiger partial charge < -0.3 is 0 Å². The predicted octanol–water partition coefficient (Wildman–Crippen LogP) is 3.47. The second kappa shape index (κ2) is 4.48. The number of nitrogens with zero attached hydrogens (tertiary/aromatic N) is 3. The van der Waals surface area contributed by atoms with Crippen LogP contribution in [0.15, 0.2) is 30.3 Å². The second-order valence-electron chi connectivity index (χ2n) is 5.87. The van der Waals surface area contributed by atoms with Crippen LogP contribution in [0.4, 0.5) is 0 Å². The van der Waals surface area contributed by atoms with Crippen LogP contribution in [-0.2, 0) is 6.54 Å². The number of aromatic nitrogens is 3. The van der Waals surface area contributed by atoms with Crippen LogP contribution in [0, 0.1) is 0 Å². The summed E-state index contributed by atoms with van der Waals surface area (Å²) in [7, 11) is 0. The molecular formula is C16H19N3. The Morgan fingerprint density at radius 2 is 1.79 bits per heavy atom. The Kier molecular flexibility index (Phi) is 2.64. The summed E-state index contributed by atoms with van der Waals surface area (Å²) in [5.74, 6) is 3.63. The van der Waals surface area contributed by atoms with Gasteiger partial charge in [-0.15, -0.1) is 0 Å². The molecule has 0 amide bonds. The summed E-state index contributed by atoms with van der Waals surface area (Å²) in [4.78, 5) is 4.84. The molecule has 1 heterocycles. The lowest BCUT2D eigenvalue weighted by Gasteiger charge is -2.24. The summed E-state index contributed by atoms with van der Waals surface area (Å²) in [6.07, 6.45) is 6.48. The van der Waals surface area contributed by atoms with Crippen molar-refractivity contribution in [3.63, 3.8) is 0 Å². The fraction of sp³-hybridized carbons (Fsp3) is 0.500. The van der Waals surface area contributed by atoms with Crippen molar-refractivity contribution in [1.29, 1.82) is 0 Å². The van der Waals surface area contributed by atoms with Crippen LogP contribution >= 0.6 is 0 Å². The summed E-state index contributed by atoms with van der Waals surface area (Å²) in [5.41, 5.74) is 1.32. The molecule has 0 saturated heterocycles. The fourth-order valence-electron chi connectivity index (χ4n) is 2.73. The lowest BCUT2D eigenvalue weighted by atomic mass is 9.85. The maximum Gasteiger partial charge on any atom is 0.154 e. The van der Waals surface area contributed by atoms with Crippen molar-refractivity contribution in [3.8, 4) is 0 Å². The zero-order valence-corrected chi connectivity index (χ0v) is 11.1. The SMILES string of the molecule is c1ccc(Cn2nc(C3CC3)nc2C2CCC2)cc1. The molecule has 98 valence electrons. The highest BCUT2D eigenvalue weighted by Gasteiger charge is 2.32. The topological polar surface area (TPSA) is 30.7 Å². The summed E-state index contributed by atoms with van der Waals surface area (Å²) in [6.45, 7) is 0.867. The highest BCUT2D eigenvalue weighted by Crippen LogP contribution is 2.41. The zero-order valence-electron chi connectivity index (χ0n) is 11.1. The first-order valence-corrected chi connectivity index (χ1v) is 7.39. The molecule has 4 rings (SSSR count). The van der Waals surface area contributed by atoms with Crippen molar-refractivity contribution in [2.75, 3.05) is 0 Å². The molecule has 0 spiro atoms. The first kappa shape index (κ1) is 11.2. The van der Waals surface area contributed by atoms with Crippen molar-refractivity contribution < 1.29 is 0 Å². The van der Waals surface area contributed by atoms with Crippen LogP contribution in [0.25, 0.3) is 0 Å². The van der Waals surface area contributed by atoms with E-state index < -0.39 is 0 Å². The van der Waals surface area contributed by atoms with Gasteiger partial charge in [0.2, 0.25) is 0 Å². The molecule has 0 unspecified atom stereocenters. The van der Waals surface area contributed by atoms with E-state index in [0.717, 1.165) is 12.4 Å². The van der Waals surface area contributed by atoms with Gasteiger partial charge in [-0.1, -0.05) is 36.8 Å². The van der Waals surface area contributed by atoms with E-state index in [9.17, 15) is 0 Å². The highest BCUT2D eigenvalue weighted by atomic mass is 15.4. The van der Waals surface area contributed by atoms with E-state index in [1.54, 1.807) is 0 Å². The number of benzene rings is 1. The molecular weight excluding hydrogens is 234 g/mol. The van der Waals surface area contributed by atoms with Gasteiger partial charge in [-0.3, -0.25) is 0 Å². The molecule has 19 heavy (non-hydrogen) atoms. The molecule has 0 N–H and O–H groups in total. The number of hydrogen-bond acceptors (Lipinski definition) is 2. The van der Waals surface area contributed by atoms with Gasteiger partial charge in [0.15, 0.2) is 5.82 Å². The molecule has 0 atom stereocenters. The van der Waals surface area contributed by atoms with Crippen LogP contribution in [0.2, 0.25) is 0 Å². The largest absolute Gasteiger partial charge is 0.245 e. The van der Waals surface area contributed by atoms with Gasteiger partial charge >= 0.3 is 0 Å². The van der Waals surface area contributed by atoms with Crippen molar-refractivity contribution >= 4 is 0 Å². The van der Waals surface area contributed by atoms with E-state index in [1.807, 2.05) is 0 Å². The smallest absolute Gasteiger partial charge is 0.154 e. The minimum absolute atomic E-state index is 0.649. The van der Waals surface area contributed by atoms with Gasteiger partial charge in [0.1, 0.15) is 5.82 Å².